The van der Waals surface area contributed by atoms with Crippen molar-refractivity contribution in [3.8, 4) is 11.1 Å². The van der Waals surface area contributed by atoms with Gasteiger partial charge in [0.1, 0.15) is 0 Å². The highest BCUT2D eigenvalue weighted by Gasteiger charge is 2.72. The summed E-state index contributed by atoms with van der Waals surface area (Å²) in [5.74, 6) is 0. The molecule has 0 radical (unpaired) electrons. The van der Waals surface area contributed by atoms with Crippen molar-refractivity contribution in [3.05, 3.63) is 110 Å². The average molecular weight is 686 g/mol. The number of rotatable bonds is 4. The molecule has 0 N–H and O–H groups in total. The summed E-state index contributed by atoms with van der Waals surface area (Å²) in [5, 5.41) is 0. The molecular formula is C39H43Br2N. The van der Waals surface area contributed by atoms with Crippen LogP contribution < -0.4 is 4.90 Å². The predicted octanol–water partition coefficient (Wildman–Crippen LogP) is 12.5. The lowest BCUT2D eigenvalue weighted by Crippen LogP contribution is -2.55. The van der Waals surface area contributed by atoms with E-state index in [1.165, 1.54) is 27.8 Å². The molecule has 0 amide bonds. The fourth-order valence-corrected chi connectivity index (χ4v) is 8.92. The second-order valence-corrected chi connectivity index (χ2v) is 16.7. The molecule has 6 rings (SSSR count). The molecule has 218 valence electrons. The molecule has 4 aromatic carbocycles. The van der Waals surface area contributed by atoms with E-state index in [1.54, 1.807) is 5.56 Å². The quantitative estimate of drug-likeness (QED) is 0.207. The monoisotopic (exact) mass is 683 g/mol. The normalized spacial score (nSPS) is 19.9. The molecule has 0 saturated heterocycles. The van der Waals surface area contributed by atoms with Crippen LogP contribution in [0.15, 0.2) is 87.8 Å². The van der Waals surface area contributed by atoms with Gasteiger partial charge in [0.15, 0.2) is 0 Å². The van der Waals surface area contributed by atoms with Crippen LogP contribution in [0.1, 0.15) is 84.6 Å². The Balaban J connectivity index is 1.52. The molecule has 0 aliphatic heterocycles. The van der Waals surface area contributed by atoms with Crippen molar-refractivity contribution in [1.82, 2.24) is 0 Å². The Hall–Kier alpha value is -2.36. The summed E-state index contributed by atoms with van der Waals surface area (Å²) in [6, 6.07) is 29.1. The molecule has 2 aliphatic rings. The Kier molecular flexibility index (Phi) is 6.59. The molecule has 0 fully saturated rings. The minimum absolute atomic E-state index is 0.0590. The van der Waals surface area contributed by atoms with Crippen molar-refractivity contribution in [1.29, 1.82) is 0 Å². The van der Waals surface area contributed by atoms with Gasteiger partial charge >= 0.3 is 0 Å². The van der Waals surface area contributed by atoms with Gasteiger partial charge in [-0.2, -0.15) is 0 Å². The van der Waals surface area contributed by atoms with Gasteiger partial charge in [-0.3, -0.25) is 0 Å². The SMILES string of the molecule is Cc1cc(N(c2ccc(Br)cc2)c2ccc(Br)cc2)ccc1-c1cc2c3c(c1)C(C)(C)C(C)(C)C3(C)C(C)(C)C2(C)C. The van der Waals surface area contributed by atoms with Gasteiger partial charge in [-0.15, -0.1) is 0 Å². The lowest BCUT2D eigenvalue weighted by Gasteiger charge is -2.56. The van der Waals surface area contributed by atoms with E-state index in [9.17, 15) is 0 Å². The number of hydrogen-bond donors (Lipinski definition) is 0. The van der Waals surface area contributed by atoms with Crippen LogP contribution in [-0.2, 0) is 16.2 Å². The molecule has 42 heavy (non-hydrogen) atoms. The van der Waals surface area contributed by atoms with E-state index in [1.807, 2.05) is 0 Å². The summed E-state index contributed by atoms with van der Waals surface area (Å²) in [7, 11) is 0. The molecule has 0 bridgehead atoms. The van der Waals surface area contributed by atoms with Crippen LogP contribution >= 0.6 is 31.9 Å². The van der Waals surface area contributed by atoms with Crippen LogP contribution in [0, 0.1) is 17.8 Å². The first kappa shape index (κ1) is 29.7. The second-order valence-electron chi connectivity index (χ2n) is 14.9. The van der Waals surface area contributed by atoms with Crippen LogP contribution in [0.4, 0.5) is 17.1 Å². The number of anilines is 3. The minimum Gasteiger partial charge on any atom is -0.310 e. The third-order valence-corrected chi connectivity index (χ3v) is 13.6. The van der Waals surface area contributed by atoms with E-state index in [4.69, 9.17) is 0 Å². The smallest absolute Gasteiger partial charge is 0.0464 e. The van der Waals surface area contributed by atoms with E-state index in [2.05, 4.69) is 185 Å². The van der Waals surface area contributed by atoms with E-state index >= 15 is 0 Å². The van der Waals surface area contributed by atoms with E-state index < -0.39 is 0 Å². The van der Waals surface area contributed by atoms with E-state index in [0.29, 0.717) is 0 Å². The molecule has 0 aromatic heterocycles. The Morgan fingerprint density at radius 1 is 0.524 bits per heavy atom. The van der Waals surface area contributed by atoms with Gasteiger partial charge in [-0.25, -0.2) is 0 Å². The molecule has 0 heterocycles. The standard InChI is InChI=1S/C39H43Br2N/c1-24-21-30(42(28-15-11-26(40)12-16-28)29-17-13-27(41)14-18-29)19-20-31(24)25-22-32-34-33(23-25)36(4,5)38(8,9)39(34,10)37(6,7)35(32,2)3/h11-23H,1-10H3. The summed E-state index contributed by atoms with van der Waals surface area (Å²) >= 11 is 7.22. The van der Waals surface area contributed by atoms with Crippen molar-refractivity contribution in [2.75, 3.05) is 4.90 Å². The second kappa shape index (κ2) is 9.32. The van der Waals surface area contributed by atoms with Crippen molar-refractivity contribution < 1.29 is 0 Å². The summed E-state index contributed by atoms with van der Waals surface area (Å²) in [5.41, 5.74) is 12.5. The molecule has 0 spiro atoms. The molecule has 0 atom stereocenters. The topological polar surface area (TPSA) is 3.24 Å². The first-order valence-corrected chi connectivity index (χ1v) is 16.7. The third kappa shape index (κ3) is 3.71. The highest BCUT2D eigenvalue weighted by Crippen LogP contribution is 2.76. The number of aryl methyl sites for hydroxylation is 1. The summed E-state index contributed by atoms with van der Waals surface area (Å²) < 4.78 is 2.15. The fraction of sp³-hybridized carbons (Fsp3) is 0.385. The number of halogens is 2. The molecule has 0 unspecified atom stereocenters. The van der Waals surface area contributed by atoms with Crippen LogP contribution in [-0.4, -0.2) is 0 Å². The Morgan fingerprint density at radius 2 is 0.929 bits per heavy atom. The van der Waals surface area contributed by atoms with Crippen molar-refractivity contribution in [2.24, 2.45) is 10.8 Å². The van der Waals surface area contributed by atoms with Gasteiger partial charge in [-0.05, 0) is 123 Å². The van der Waals surface area contributed by atoms with Gasteiger partial charge in [0.25, 0.3) is 0 Å². The highest BCUT2D eigenvalue weighted by molar-refractivity contribution is 9.10. The van der Waals surface area contributed by atoms with Gasteiger partial charge in [-0.1, -0.05) is 112 Å². The highest BCUT2D eigenvalue weighted by atomic mass is 79.9. The first-order chi connectivity index (χ1) is 19.5. The first-order valence-electron chi connectivity index (χ1n) is 15.1. The third-order valence-electron chi connectivity index (χ3n) is 12.6. The van der Waals surface area contributed by atoms with Crippen molar-refractivity contribution in [3.63, 3.8) is 0 Å². The maximum Gasteiger partial charge on any atom is 0.0464 e. The van der Waals surface area contributed by atoms with Crippen LogP contribution in [0.3, 0.4) is 0 Å². The molecule has 4 aromatic rings. The summed E-state index contributed by atoms with van der Waals surface area (Å²) in [6.07, 6.45) is 0. The summed E-state index contributed by atoms with van der Waals surface area (Å²) in [4.78, 5) is 2.33. The van der Waals surface area contributed by atoms with Crippen LogP contribution in [0.25, 0.3) is 11.1 Å². The minimum atomic E-state index is 0.0590. The fourth-order valence-electron chi connectivity index (χ4n) is 8.39. The average Bonchev–Trinajstić information content (AvgIpc) is 3.13. The lowest BCUT2D eigenvalue weighted by atomic mass is 9.47. The summed E-state index contributed by atoms with van der Waals surface area (Å²) in [6.45, 7) is 24.8. The Bertz CT molecular complexity index is 1610. The zero-order valence-corrected chi connectivity index (χ0v) is 29.9. The van der Waals surface area contributed by atoms with Crippen molar-refractivity contribution >= 4 is 48.9 Å². The molecule has 3 heteroatoms. The Morgan fingerprint density at radius 3 is 1.33 bits per heavy atom. The van der Waals surface area contributed by atoms with Crippen LogP contribution in [0.5, 0.6) is 0 Å². The zero-order valence-electron chi connectivity index (χ0n) is 26.7. The van der Waals surface area contributed by atoms with Gasteiger partial charge in [0, 0.05) is 31.4 Å². The molecule has 1 nitrogen and oxygen atoms in total. The zero-order chi connectivity index (χ0) is 30.6. The predicted molar refractivity (Wildman–Crippen MR) is 188 cm³/mol. The number of benzene rings is 4. The molecular weight excluding hydrogens is 642 g/mol. The maximum atomic E-state index is 3.61. The maximum absolute atomic E-state index is 3.61. The largest absolute Gasteiger partial charge is 0.310 e. The van der Waals surface area contributed by atoms with Crippen LogP contribution in [0.2, 0.25) is 0 Å². The van der Waals surface area contributed by atoms with E-state index in [0.717, 1.165) is 26.0 Å². The van der Waals surface area contributed by atoms with Gasteiger partial charge in [0.05, 0.1) is 0 Å². The van der Waals surface area contributed by atoms with Gasteiger partial charge < -0.3 is 4.90 Å². The lowest BCUT2D eigenvalue weighted by molar-refractivity contribution is -0.0105. The molecule has 0 saturated carbocycles. The van der Waals surface area contributed by atoms with E-state index in [-0.39, 0.29) is 27.1 Å². The van der Waals surface area contributed by atoms with Gasteiger partial charge in [0.2, 0.25) is 0 Å². The molecule has 2 aliphatic carbocycles. The number of hydrogen-bond acceptors (Lipinski definition) is 1. The van der Waals surface area contributed by atoms with Crippen molar-refractivity contribution in [2.45, 2.75) is 85.5 Å². The Labute approximate surface area is 270 Å². The number of nitrogens with zero attached hydrogens (tertiary/aromatic N) is 1.